The number of aryl methyl sites for hydroxylation is 2. The van der Waals surface area contributed by atoms with E-state index in [2.05, 4.69) is 10.6 Å². The predicted octanol–water partition coefficient (Wildman–Crippen LogP) is 5.40. The Labute approximate surface area is 222 Å². The lowest BCUT2D eigenvalue weighted by atomic mass is 10.1. The summed E-state index contributed by atoms with van der Waals surface area (Å²) in [5, 5.41) is 5.41. The fraction of sp³-hybridized carbons (Fsp3) is 0.276. The van der Waals surface area contributed by atoms with Crippen LogP contribution in [0.15, 0.2) is 60.7 Å². The van der Waals surface area contributed by atoms with E-state index < -0.39 is 18.5 Å². The maximum absolute atomic E-state index is 12.2. The van der Waals surface area contributed by atoms with Gasteiger partial charge in [-0.1, -0.05) is 6.07 Å². The molecule has 0 aliphatic heterocycles. The fourth-order valence-electron chi connectivity index (χ4n) is 3.44. The second-order valence-electron chi connectivity index (χ2n) is 8.55. The summed E-state index contributed by atoms with van der Waals surface area (Å²) in [7, 11) is 2.99. The Morgan fingerprint density at radius 2 is 1.42 bits per heavy atom. The van der Waals surface area contributed by atoms with Gasteiger partial charge in [-0.05, 0) is 79.9 Å². The number of anilines is 2. The van der Waals surface area contributed by atoms with Gasteiger partial charge in [0.05, 0.1) is 19.9 Å². The minimum Gasteiger partial charge on any atom is -0.497 e. The summed E-state index contributed by atoms with van der Waals surface area (Å²) in [6, 6.07) is 17.9. The quantitative estimate of drug-likeness (QED) is 0.307. The van der Waals surface area contributed by atoms with Crippen molar-refractivity contribution >= 4 is 29.2 Å². The van der Waals surface area contributed by atoms with Crippen LogP contribution in [0.25, 0.3) is 0 Å². The molecule has 3 rings (SSSR count). The standard InChI is InChI=1S/C29H32N2O7/c1-19-8-11-24(16-20(19)2)38-22-12-9-21(10-13-22)30-27(32)6-5-7-29(34)37-18-28(33)31-25-15-14-23(35-3)17-26(25)36-4/h8-17H,5-7,18H2,1-4H3,(H,30,32)(H,31,33). The van der Waals surface area contributed by atoms with Crippen LogP contribution in [-0.4, -0.2) is 38.6 Å². The smallest absolute Gasteiger partial charge is 0.306 e. The molecule has 3 aromatic carbocycles. The Morgan fingerprint density at radius 3 is 2.11 bits per heavy atom. The summed E-state index contributed by atoms with van der Waals surface area (Å²) in [6.07, 6.45) is 0.424. The Balaban J connectivity index is 1.35. The molecule has 0 unspecified atom stereocenters. The van der Waals surface area contributed by atoms with Crippen molar-refractivity contribution in [3.05, 3.63) is 71.8 Å². The van der Waals surface area contributed by atoms with Crippen molar-refractivity contribution in [2.75, 3.05) is 31.5 Å². The Morgan fingerprint density at radius 1 is 0.711 bits per heavy atom. The van der Waals surface area contributed by atoms with Crippen LogP contribution in [-0.2, 0) is 19.1 Å². The van der Waals surface area contributed by atoms with Crippen LogP contribution in [0.3, 0.4) is 0 Å². The lowest BCUT2D eigenvalue weighted by Gasteiger charge is -2.12. The van der Waals surface area contributed by atoms with Gasteiger partial charge in [-0.3, -0.25) is 14.4 Å². The summed E-state index contributed by atoms with van der Waals surface area (Å²) in [4.78, 5) is 36.4. The lowest BCUT2D eigenvalue weighted by Crippen LogP contribution is -2.21. The Bertz CT molecular complexity index is 1270. The van der Waals surface area contributed by atoms with E-state index in [1.807, 2.05) is 32.0 Å². The average molecular weight is 521 g/mol. The van der Waals surface area contributed by atoms with Gasteiger partial charge in [-0.15, -0.1) is 0 Å². The monoisotopic (exact) mass is 520 g/mol. The third-order valence-electron chi connectivity index (χ3n) is 5.68. The van der Waals surface area contributed by atoms with Crippen LogP contribution in [0.4, 0.5) is 11.4 Å². The molecule has 0 saturated carbocycles. The van der Waals surface area contributed by atoms with Gasteiger partial charge in [0, 0.05) is 24.6 Å². The topological polar surface area (TPSA) is 112 Å². The van der Waals surface area contributed by atoms with Crippen molar-refractivity contribution in [3.63, 3.8) is 0 Å². The molecule has 9 nitrogen and oxygen atoms in total. The van der Waals surface area contributed by atoms with Crippen LogP contribution in [0.2, 0.25) is 0 Å². The largest absolute Gasteiger partial charge is 0.497 e. The molecule has 3 aromatic rings. The first kappa shape index (κ1) is 28.0. The number of esters is 1. The molecule has 0 spiro atoms. The minimum atomic E-state index is -0.567. The van der Waals surface area contributed by atoms with Crippen LogP contribution in [0, 0.1) is 13.8 Å². The molecule has 0 aliphatic rings. The number of hydrogen-bond donors (Lipinski definition) is 2. The van der Waals surface area contributed by atoms with Crippen LogP contribution in [0.5, 0.6) is 23.0 Å². The van der Waals surface area contributed by atoms with Gasteiger partial charge >= 0.3 is 5.97 Å². The fourth-order valence-corrected chi connectivity index (χ4v) is 3.44. The van der Waals surface area contributed by atoms with Crippen molar-refractivity contribution in [2.24, 2.45) is 0 Å². The highest BCUT2D eigenvalue weighted by molar-refractivity contribution is 5.94. The first-order valence-corrected chi connectivity index (χ1v) is 12.1. The molecule has 9 heteroatoms. The number of benzene rings is 3. The van der Waals surface area contributed by atoms with Gasteiger partial charge in [0.2, 0.25) is 5.91 Å². The first-order chi connectivity index (χ1) is 18.3. The molecular formula is C29H32N2O7. The number of ether oxygens (including phenoxy) is 4. The van der Waals surface area contributed by atoms with Gasteiger partial charge < -0.3 is 29.6 Å². The normalized spacial score (nSPS) is 10.3. The SMILES string of the molecule is COc1ccc(NC(=O)COC(=O)CCCC(=O)Nc2ccc(Oc3ccc(C)c(C)c3)cc2)c(OC)c1. The van der Waals surface area contributed by atoms with E-state index >= 15 is 0 Å². The maximum Gasteiger partial charge on any atom is 0.306 e. The van der Waals surface area contributed by atoms with E-state index in [1.54, 1.807) is 42.5 Å². The number of carbonyl (C=O) groups excluding carboxylic acids is 3. The zero-order chi connectivity index (χ0) is 27.5. The Hall–Kier alpha value is -4.53. The van der Waals surface area contributed by atoms with Crippen molar-refractivity contribution in [1.29, 1.82) is 0 Å². The van der Waals surface area contributed by atoms with Crippen molar-refractivity contribution in [1.82, 2.24) is 0 Å². The van der Waals surface area contributed by atoms with Crippen molar-refractivity contribution in [3.8, 4) is 23.0 Å². The van der Waals surface area contributed by atoms with E-state index in [0.29, 0.717) is 28.6 Å². The molecule has 0 bridgehead atoms. The van der Waals surface area contributed by atoms with Crippen molar-refractivity contribution < 1.29 is 33.3 Å². The molecule has 2 amide bonds. The molecule has 0 aliphatic carbocycles. The number of nitrogens with one attached hydrogen (secondary N) is 2. The Kier molecular flexibility index (Phi) is 10.1. The third-order valence-corrected chi connectivity index (χ3v) is 5.68. The molecular weight excluding hydrogens is 488 g/mol. The van der Waals surface area contributed by atoms with Gasteiger partial charge in [0.1, 0.15) is 23.0 Å². The molecule has 0 radical (unpaired) electrons. The van der Waals surface area contributed by atoms with E-state index in [0.717, 1.165) is 11.3 Å². The number of rotatable bonds is 12. The molecule has 200 valence electrons. The van der Waals surface area contributed by atoms with Crippen LogP contribution >= 0.6 is 0 Å². The van der Waals surface area contributed by atoms with Gasteiger partial charge in [-0.25, -0.2) is 0 Å². The summed E-state index contributed by atoms with van der Waals surface area (Å²) >= 11 is 0. The number of methoxy groups -OCH3 is 2. The average Bonchev–Trinajstić information content (AvgIpc) is 2.91. The second-order valence-corrected chi connectivity index (χ2v) is 8.55. The molecule has 0 aromatic heterocycles. The maximum atomic E-state index is 12.2. The van der Waals surface area contributed by atoms with E-state index in [1.165, 1.54) is 19.8 Å². The highest BCUT2D eigenvalue weighted by atomic mass is 16.5. The molecule has 0 heterocycles. The summed E-state index contributed by atoms with van der Waals surface area (Å²) in [6.45, 7) is 3.62. The van der Waals surface area contributed by atoms with Gasteiger partial charge in [-0.2, -0.15) is 0 Å². The molecule has 38 heavy (non-hydrogen) atoms. The molecule has 2 N–H and O–H groups in total. The number of carbonyl (C=O) groups is 3. The number of hydrogen-bond acceptors (Lipinski definition) is 7. The van der Waals surface area contributed by atoms with Crippen molar-refractivity contribution in [2.45, 2.75) is 33.1 Å². The highest BCUT2D eigenvalue weighted by Gasteiger charge is 2.12. The minimum absolute atomic E-state index is 0.00923. The summed E-state index contributed by atoms with van der Waals surface area (Å²) in [5.74, 6) is 1.09. The number of amides is 2. The first-order valence-electron chi connectivity index (χ1n) is 12.1. The summed E-state index contributed by atoms with van der Waals surface area (Å²) in [5.41, 5.74) is 3.39. The summed E-state index contributed by atoms with van der Waals surface area (Å²) < 4.78 is 21.2. The van der Waals surface area contributed by atoms with Crippen LogP contribution in [0.1, 0.15) is 30.4 Å². The zero-order valence-corrected chi connectivity index (χ0v) is 22.0. The third kappa shape index (κ3) is 8.55. The highest BCUT2D eigenvalue weighted by Crippen LogP contribution is 2.29. The van der Waals surface area contributed by atoms with E-state index in [-0.39, 0.29) is 25.2 Å². The molecule has 0 atom stereocenters. The predicted molar refractivity (Wildman–Crippen MR) is 144 cm³/mol. The molecule has 0 fully saturated rings. The van der Waals surface area contributed by atoms with Gasteiger partial charge in [0.25, 0.3) is 5.91 Å². The zero-order valence-electron chi connectivity index (χ0n) is 22.0. The lowest BCUT2D eigenvalue weighted by molar-refractivity contribution is -0.147. The van der Waals surface area contributed by atoms with E-state index in [9.17, 15) is 14.4 Å². The van der Waals surface area contributed by atoms with E-state index in [4.69, 9.17) is 18.9 Å². The molecule has 0 saturated heterocycles. The van der Waals surface area contributed by atoms with Gasteiger partial charge in [0.15, 0.2) is 6.61 Å². The second kappa shape index (κ2) is 13.7. The van der Waals surface area contributed by atoms with Crippen LogP contribution < -0.4 is 24.8 Å².